The van der Waals surface area contributed by atoms with Crippen molar-refractivity contribution in [2.45, 2.75) is 11.3 Å². The highest BCUT2D eigenvalue weighted by Gasteiger charge is 2.24. The lowest BCUT2D eigenvalue weighted by Crippen LogP contribution is -2.31. The van der Waals surface area contributed by atoms with Crippen LogP contribution in [0.25, 0.3) is 0 Å². The SMILES string of the molecule is CN(CC(F)F)C(=O)c1cc(S(=O)(=O)Cl)c(F)cc1Cl. The predicted octanol–water partition coefficient (Wildman–Crippen LogP) is 2.74. The van der Waals surface area contributed by atoms with Gasteiger partial charge in [0.25, 0.3) is 21.4 Å². The van der Waals surface area contributed by atoms with Crippen LogP contribution in [0.5, 0.6) is 0 Å². The Morgan fingerprint density at radius 3 is 2.40 bits per heavy atom. The predicted molar refractivity (Wildman–Crippen MR) is 67.4 cm³/mol. The van der Waals surface area contributed by atoms with Gasteiger partial charge < -0.3 is 4.90 Å². The Morgan fingerprint density at radius 1 is 1.40 bits per heavy atom. The number of rotatable bonds is 4. The number of hydrogen-bond acceptors (Lipinski definition) is 3. The Morgan fingerprint density at radius 2 is 1.95 bits per heavy atom. The number of amides is 1. The summed E-state index contributed by atoms with van der Waals surface area (Å²) in [6, 6.07) is 1.20. The molecule has 1 aromatic carbocycles. The quantitative estimate of drug-likeness (QED) is 0.785. The maximum Gasteiger partial charge on any atom is 0.264 e. The second kappa shape index (κ2) is 6.19. The van der Waals surface area contributed by atoms with E-state index in [1.807, 2.05) is 0 Å². The van der Waals surface area contributed by atoms with Gasteiger partial charge in [0.1, 0.15) is 10.7 Å². The smallest absolute Gasteiger partial charge is 0.264 e. The van der Waals surface area contributed by atoms with Gasteiger partial charge >= 0.3 is 0 Å². The maximum atomic E-state index is 13.4. The first kappa shape index (κ1) is 17.1. The highest BCUT2D eigenvalue weighted by atomic mass is 35.7. The van der Waals surface area contributed by atoms with Crippen molar-refractivity contribution in [3.05, 3.63) is 28.5 Å². The molecule has 1 rings (SSSR count). The summed E-state index contributed by atoms with van der Waals surface area (Å²) in [6.07, 6.45) is -2.78. The van der Waals surface area contributed by atoms with Gasteiger partial charge in [-0.25, -0.2) is 21.6 Å². The van der Waals surface area contributed by atoms with Gasteiger partial charge in [-0.05, 0) is 12.1 Å². The molecule has 0 bridgehead atoms. The lowest BCUT2D eigenvalue weighted by molar-refractivity contribution is 0.0620. The van der Waals surface area contributed by atoms with E-state index < -0.39 is 49.2 Å². The Balaban J connectivity index is 3.29. The minimum absolute atomic E-state index is 0.405. The van der Waals surface area contributed by atoms with Gasteiger partial charge in [0, 0.05) is 17.7 Å². The Hall–Kier alpha value is -0.990. The molecule has 0 fully saturated rings. The summed E-state index contributed by atoms with van der Waals surface area (Å²) in [4.78, 5) is 11.5. The van der Waals surface area contributed by atoms with Gasteiger partial charge in [0.2, 0.25) is 0 Å². The largest absolute Gasteiger partial charge is 0.336 e. The molecule has 0 atom stereocenters. The molecule has 112 valence electrons. The number of hydrogen-bond donors (Lipinski definition) is 0. The molecule has 0 radical (unpaired) electrons. The summed E-state index contributed by atoms with van der Waals surface area (Å²) < 4.78 is 60.0. The number of carbonyl (C=O) groups excluding carboxylic acids is 1. The van der Waals surface area contributed by atoms with Gasteiger partial charge in [-0.2, -0.15) is 0 Å². The average Bonchev–Trinajstić information content (AvgIpc) is 2.25. The van der Waals surface area contributed by atoms with Crippen LogP contribution in [0.3, 0.4) is 0 Å². The number of benzene rings is 1. The lowest BCUT2D eigenvalue weighted by Gasteiger charge is -2.17. The van der Waals surface area contributed by atoms with Crippen molar-refractivity contribution < 1.29 is 26.4 Å². The van der Waals surface area contributed by atoms with Crippen LogP contribution in [0.2, 0.25) is 5.02 Å². The average molecular weight is 350 g/mol. The van der Waals surface area contributed by atoms with Gasteiger partial charge in [-0.15, -0.1) is 0 Å². The molecule has 0 aliphatic rings. The summed E-state index contributed by atoms with van der Waals surface area (Å²) in [6.45, 7) is -0.879. The van der Waals surface area contributed by atoms with E-state index in [0.717, 1.165) is 7.05 Å². The third-order valence-corrected chi connectivity index (χ3v) is 3.92. The van der Waals surface area contributed by atoms with E-state index in [0.29, 0.717) is 17.0 Å². The van der Waals surface area contributed by atoms with Gasteiger partial charge in [0.15, 0.2) is 0 Å². The Kier molecular flexibility index (Phi) is 5.28. The van der Waals surface area contributed by atoms with Gasteiger partial charge in [-0.1, -0.05) is 11.6 Å². The summed E-state index contributed by atoms with van der Waals surface area (Å²) in [7, 11) is 1.64. The molecule has 0 N–H and O–H groups in total. The van der Waals surface area contributed by atoms with Crippen molar-refractivity contribution >= 4 is 37.2 Å². The molecule has 20 heavy (non-hydrogen) atoms. The molecule has 4 nitrogen and oxygen atoms in total. The standard InChI is InChI=1S/C10H8Cl2F3NO3S/c1-16(4-9(14)15)10(17)5-2-8(20(12,18)19)7(13)3-6(5)11/h2-3,9H,4H2,1H3. The van der Waals surface area contributed by atoms with Crippen LogP contribution < -0.4 is 0 Å². The normalized spacial score (nSPS) is 11.8. The van der Waals surface area contributed by atoms with Gasteiger partial charge in [-0.3, -0.25) is 4.79 Å². The number of carbonyl (C=O) groups is 1. The van der Waals surface area contributed by atoms with Gasteiger partial charge in [0.05, 0.1) is 17.1 Å². The number of nitrogens with zero attached hydrogens (tertiary/aromatic N) is 1. The fourth-order valence-electron chi connectivity index (χ4n) is 1.38. The van der Waals surface area contributed by atoms with Crippen LogP contribution in [0.15, 0.2) is 17.0 Å². The first-order chi connectivity index (χ1) is 9.04. The molecule has 1 amide bonds. The molecule has 0 spiro atoms. The minimum Gasteiger partial charge on any atom is -0.336 e. The van der Waals surface area contributed by atoms with Crippen molar-refractivity contribution in [2.75, 3.05) is 13.6 Å². The van der Waals surface area contributed by atoms with E-state index in [2.05, 4.69) is 0 Å². The van der Waals surface area contributed by atoms with Crippen LogP contribution in [0.1, 0.15) is 10.4 Å². The van der Waals surface area contributed by atoms with Crippen LogP contribution in [0, 0.1) is 5.82 Å². The first-order valence-corrected chi connectivity index (χ1v) is 7.70. The molecule has 10 heteroatoms. The molecule has 0 aliphatic carbocycles. The molecule has 0 aromatic heterocycles. The van der Waals surface area contributed by atoms with Crippen molar-refractivity contribution in [1.82, 2.24) is 4.90 Å². The molecule has 1 aromatic rings. The van der Waals surface area contributed by atoms with Crippen molar-refractivity contribution in [1.29, 1.82) is 0 Å². The molecular weight excluding hydrogens is 342 g/mol. The zero-order chi connectivity index (χ0) is 15.7. The highest BCUT2D eigenvalue weighted by molar-refractivity contribution is 8.13. The monoisotopic (exact) mass is 349 g/mol. The van der Waals surface area contributed by atoms with E-state index >= 15 is 0 Å². The van der Waals surface area contributed by atoms with Crippen molar-refractivity contribution in [3.63, 3.8) is 0 Å². The summed E-state index contributed by atoms with van der Waals surface area (Å²) in [5.74, 6) is -2.21. The van der Waals surface area contributed by atoms with E-state index in [1.54, 1.807) is 0 Å². The Bertz CT molecular complexity index is 637. The second-order valence-electron chi connectivity index (χ2n) is 3.78. The van der Waals surface area contributed by atoms with Crippen molar-refractivity contribution in [2.24, 2.45) is 0 Å². The third-order valence-electron chi connectivity index (χ3n) is 2.27. The van der Waals surface area contributed by atoms with Crippen LogP contribution in [-0.2, 0) is 9.05 Å². The van der Waals surface area contributed by atoms with E-state index in [1.165, 1.54) is 0 Å². The Labute approximate surface area is 122 Å². The fourth-order valence-corrected chi connectivity index (χ4v) is 2.51. The summed E-state index contributed by atoms with van der Waals surface area (Å²) in [5.41, 5.74) is -0.435. The fraction of sp³-hybridized carbons (Fsp3) is 0.300. The van der Waals surface area contributed by atoms with E-state index in [9.17, 15) is 26.4 Å². The van der Waals surface area contributed by atoms with Crippen LogP contribution in [0.4, 0.5) is 13.2 Å². The molecule has 0 heterocycles. The zero-order valence-electron chi connectivity index (χ0n) is 9.91. The van der Waals surface area contributed by atoms with E-state index in [4.69, 9.17) is 22.3 Å². The van der Waals surface area contributed by atoms with Crippen LogP contribution in [-0.4, -0.2) is 39.2 Å². The second-order valence-corrected chi connectivity index (χ2v) is 6.72. The molecule has 0 aliphatic heterocycles. The zero-order valence-corrected chi connectivity index (χ0v) is 12.2. The molecule has 0 unspecified atom stereocenters. The summed E-state index contributed by atoms with van der Waals surface area (Å²) in [5, 5.41) is -0.405. The van der Waals surface area contributed by atoms with E-state index in [-0.39, 0.29) is 0 Å². The number of halogens is 5. The topological polar surface area (TPSA) is 54.5 Å². The third kappa shape index (κ3) is 4.00. The summed E-state index contributed by atoms with van der Waals surface area (Å²) >= 11 is 5.61. The first-order valence-electron chi connectivity index (χ1n) is 5.01. The highest BCUT2D eigenvalue weighted by Crippen LogP contribution is 2.27. The minimum atomic E-state index is -4.44. The molecule has 0 saturated heterocycles. The number of alkyl halides is 2. The van der Waals surface area contributed by atoms with Crippen molar-refractivity contribution in [3.8, 4) is 0 Å². The molecular formula is C10H8Cl2F3NO3S. The van der Waals surface area contributed by atoms with Crippen LogP contribution >= 0.6 is 22.3 Å². The molecule has 0 saturated carbocycles. The maximum absolute atomic E-state index is 13.4. The lowest BCUT2D eigenvalue weighted by atomic mass is 10.2.